The molecule has 6 nitrogen and oxygen atoms in total. The number of amides is 1. The molecule has 0 bridgehead atoms. The van der Waals surface area contributed by atoms with Crippen LogP contribution in [0.15, 0.2) is 48.5 Å². The van der Waals surface area contributed by atoms with Crippen molar-refractivity contribution in [2.75, 3.05) is 11.9 Å². The van der Waals surface area contributed by atoms with E-state index < -0.39 is 0 Å². The second-order valence-corrected chi connectivity index (χ2v) is 8.51. The number of nitrogens with one attached hydrogen (secondary N) is 1. The lowest BCUT2D eigenvalue weighted by Crippen LogP contribution is -2.15. The maximum atomic E-state index is 13.0. The van der Waals surface area contributed by atoms with Crippen LogP contribution in [0.5, 0.6) is 11.5 Å². The van der Waals surface area contributed by atoms with Crippen LogP contribution in [-0.4, -0.2) is 23.5 Å². The predicted octanol–water partition coefficient (Wildman–Crippen LogP) is 5.24. The number of carbonyl (C=O) groups is 2. The SMILES string of the molecule is CCOC(=O)C1CCc2sc(NC(=O)CCc3cccc(Oc4ccc(F)cc4)c3)nc21. The number of nitrogens with zero attached hydrogens (tertiary/aromatic N) is 1. The van der Waals surface area contributed by atoms with Gasteiger partial charge in [-0.25, -0.2) is 9.37 Å². The van der Waals surface area contributed by atoms with E-state index in [0.29, 0.717) is 36.1 Å². The van der Waals surface area contributed by atoms with Gasteiger partial charge in [-0.15, -0.1) is 11.3 Å². The van der Waals surface area contributed by atoms with E-state index in [0.717, 1.165) is 22.6 Å². The second kappa shape index (κ2) is 9.91. The van der Waals surface area contributed by atoms with Gasteiger partial charge in [0.15, 0.2) is 5.13 Å². The van der Waals surface area contributed by atoms with E-state index in [2.05, 4.69) is 10.3 Å². The number of halogens is 1. The van der Waals surface area contributed by atoms with Crippen molar-refractivity contribution < 1.29 is 23.5 Å². The van der Waals surface area contributed by atoms with Crippen molar-refractivity contribution in [1.29, 1.82) is 0 Å². The molecular weight excluding hydrogens is 431 g/mol. The molecule has 1 amide bonds. The Morgan fingerprint density at radius 2 is 2.00 bits per heavy atom. The third kappa shape index (κ3) is 5.31. The Bertz CT molecular complexity index is 1110. The largest absolute Gasteiger partial charge is 0.465 e. The molecule has 1 N–H and O–H groups in total. The molecule has 0 fully saturated rings. The zero-order valence-electron chi connectivity index (χ0n) is 17.6. The molecule has 32 heavy (non-hydrogen) atoms. The minimum Gasteiger partial charge on any atom is -0.465 e. The summed E-state index contributed by atoms with van der Waals surface area (Å²) in [5.41, 5.74) is 1.68. The van der Waals surface area contributed by atoms with Crippen LogP contribution in [0.4, 0.5) is 9.52 Å². The average Bonchev–Trinajstić information content (AvgIpc) is 3.34. The van der Waals surface area contributed by atoms with E-state index in [1.807, 2.05) is 24.3 Å². The van der Waals surface area contributed by atoms with Gasteiger partial charge >= 0.3 is 5.97 Å². The van der Waals surface area contributed by atoms with Crippen LogP contribution in [0.25, 0.3) is 0 Å². The second-order valence-electron chi connectivity index (χ2n) is 7.42. The lowest BCUT2D eigenvalue weighted by atomic mass is 10.1. The molecule has 3 aromatic rings. The van der Waals surface area contributed by atoms with Gasteiger partial charge in [0.2, 0.25) is 5.91 Å². The highest BCUT2D eigenvalue weighted by Gasteiger charge is 2.33. The Morgan fingerprint density at radius 1 is 1.19 bits per heavy atom. The Labute approximate surface area is 189 Å². The quantitative estimate of drug-likeness (QED) is 0.471. The molecule has 166 valence electrons. The maximum Gasteiger partial charge on any atom is 0.315 e. The van der Waals surface area contributed by atoms with Crippen LogP contribution in [0.3, 0.4) is 0 Å². The topological polar surface area (TPSA) is 77.5 Å². The molecule has 1 atom stereocenters. The first-order valence-corrected chi connectivity index (χ1v) is 11.3. The molecule has 0 radical (unpaired) electrons. The van der Waals surface area contributed by atoms with Crippen molar-refractivity contribution in [3.05, 3.63) is 70.5 Å². The van der Waals surface area contributed by atoms with Gasteiger partial charge in [-0.3, -0.25) is 9.59 Å². The molecule has 0 saturated carbocycles. The summed E-state index contributed by atoms with van der Waals surface area (Å²) in [6, 6.07) is 13.3. The van der Waals surface area contributed by atoms with Crippen molar-refractivity contribution in [3.8, 4) is 11.5 Å². The van der Waals surface area contributed by atoms with Crippen molar-refractivity contribution in [2.45, 2.75) is 38.5 Å². The van der Waals surface area contributed by atoms with Crippen molar-refractivity contribution in [1.82, 2.24) is 4.98 Å². The molecule has 1 aromatic heterocycles. The number of aryl methyl sites for hydroxylation is 2. The molecule has 0 aliphatic heterocycles. The first-order chi connectivity index (χ1) is 15.5. The van der Waals surface area contributed by atoms with E-state index in [4.69, 9.17) is 9.47 Å². The number of aromatic nitrogens is 1. The third-order valence-corrected chi connectivity index (χ3v) is 6.17. The summed E-state index contributed by atoms with van der Waals surface area (Å²) in [6.07, 6.45) is 2.29. The minimum absolute atomic E-state index is 0.144. The smallest absolute Gasteiger partial charge is 0.315 e. The number of thiazole rings is 1. The summed E-state index contributed by atoms with van der Waals surface area (Å²) in [4.78, 5) is 30.0. The first kappa shape index (κ1) is 22.0. The Hall–Kier alpha value is -3.26. The van der Waals surface area contributed by atoms with Crippen LogP contribution in [0.1, 0.15) is 41.8 Å². The molecular formula is C24H23FN2O4S. The van der Waals surface area contributed by atoms with Gasteiger partial charge in [0.05, 0.1) is 12.3 Å². The van der Waals surface area contributed by atoms with Crippen LogP contribution >= 0.6 is 11.3 Å². The predicted molar refractivity (Wildman–Crippen MR) is 120 cm³/mol. The number of rotatable bonds is 8. The monoisotopic (exact) mass is 454 g/mol. The van der Waals surface area contributed by atoms with Crippen molar-refractivity contribution >= 4 is 28.3 Å². The maximum absolute atomic E-state index is 13.0. The van der Waals surface area contributed by atoms with E-state index >= 15 is 0 Å². The highest BCUT2D eigenvalue weighted by Crippen LogP contribution is 2.39. The van der Waals surface area contributed by atoms with Gasteiger partial charge in [-0.1, -0.05) is 12.1 Å². The zero-order chi connectivity index (χ0) is 22.5. The van der Waals surface area contributed by atoms with Gasteiger partial charge in [0, 0.05) is 11.3 Å². The Kier molecular flexibility index (Phi) is 6.80. The number of ether oxygens (including phenoxy) is 2. The first-order valence-electron chi connectivity index (χ1n) is 10.5. The fourth-order valence-corrected chi connectivity index (χ4v) is 4.65. The molecule has 0 saturated heterocycles. The van der Waals surface area contributed by atoms with Gasteiger partial charge < -0.3 is 14.8 Å². The molecule has 4 rings (SSSR count). The molecule has 1 aliphatic carbocycles. The lowest BCUT2D eigenvalue weighted by molar-refractivity contribution is -0.145. The van der Waals surface area contributed by atoms with E-state index in [1.165, 1.54) is 23.5 Å². The summed E-state index contributed by atoms with van der Waals surface area (Å²) in [6.45, 7) is 2.12. The minimum atomic E-state index is -0.337. The normalized spacial score (nSPS) is 14.6. The number of hydrogen-bond donors (Lipinski definition) is 1. The highest BCUT2D eigenvalue weighted by molar-refractivity contribution is 7.16. The van der Waals surface area contributed by atoms with Crippen LogP contribution < -0.4 is 10.1 Å². The lowest BCUT2D eigenvalue weighted by Gasteiger charge is -2.08. The fraction of sp³-hybridized carbons (Fsp3) is 0.292. The summed E-state index contributed by atoms with van der Waals surface area (Å²) in [5.74, 6) is 0.108. The number of benzene rings is 2. The number of anilines is 1. The molecule has 1 unspecified atom stereocenters. The molecule has 1 heterocycles. The van der Waals surface area contributed by atoms with E-state index in [1.54, 1.807) is 19.1 Å². The van der Waals surface area contributed by atoms with E-state index in [-0.39, 0.29) is 30.0 Å². The Balaban J connectivity index is 1.32. The van der Waals surface area contributed by atoms with Crippen LogP contribution in [0, 0.1) is 5.82 Å². The summed E-state index contributed by atoms with van der Waals surface area (Å²) in [5, 5.41) is 3.36. The molecule has 8 heteroatoms. The van der Waals surface area contributed by atoms with E-state index in [9.17, 15) is 14.0 Å². The highest BCUT2D eigenvalue weighted by atomic mass is 32.1. The number of hydrogen-bond acceptors (Lipinski definition) is 6. The fourth-order valence-electron chi connectivity index (χ4n) is 3.60. The van der Waals surface area contributed by atoms with Gasteiger partial charge in [-0.2, -0.15) is 0 Å². The zero-order valence-corrected chi connectivity index (χ0v) is 18.4. The van der Waals surface area contributed by atoms with Gasteiger partial charge in [0.25, 0.3) is 0 Å². The summed E-state index contributed by atoms with van der Waals surface area (Å²) in [7, 11) is 0. The van der Waals surface area contributed by atoms with Gasteiger partial charge in [0.1, 0.15) is 23.2 Å². The van der Waals surface area contributed by atoms with Crippen LogP contribution in [-0.2, 0) is 27.2 Å². The third-order valence-electron chi connectivity index (χ3n) is 5.12. The number of fused-ring (bicyclic) bond motifs is 1. The number of carbonyl (C=O) groups excluding carboxylic acids is 2. The Morgan fingerprint density at radius 3 is 2.78 bits per heavy atom. The molecule has 1 aliphatic rings. The standard InChI is InChI=1S/C24H23FN2O4S/c1-2-30-23(29)19-11-12-20-22(19)27-24(32-20)26-21(28)13-6-15-4-3-5-18(14-15)31-17-9-7-16(25)8-10-17/h3-5,7-10,14,19H,2,6,11-13H2,1H3,(H,26,27,28). The summed E-state index contributed by atoms with van der Waals surface area (Å²) < 4.78 is 23.9. The van der Waals surface area contributed by atoms with Gasteiger partial charge in [-0.05, 0) is 68.1 Å². The molecule has 0 spiro atoms. The average molecular weight is 455 g/mol. The van der Waals surface area contributed by atoms with Crippen LogP contribution in [0.2, 0.25) is 0 Å². The van der Waals surface area contributed by atoms with Crippen molar-refractivity contribution in [2.24, 2.45) is 0 Å². The van der Waals surface area contributed by atoms with Crippen molar-refractivity contribution in [3.63, 3.8) is 0 Å². The molecule has 2 aromatic carbocycles. The summed E-state index contributed by atoms with van der Waals surface area (Å²) >= 11 is 1.42. The number of esters is 1.